The molecular weight excluding hydrogens is 280 g/mol. The van der Waals surface area contributed by atoms with Gasteiger partial charge in [-0.25, -0.2) is 9.78 Å². The van der Waals surface area contributed by atoms with Crippen molar-refractivity contribution in [2.75, 3.05) is 0 Å². The molecule has 0 spiro atoms. The minimum absolute atomic E-state index is 0.181. The van der Waals surface area contributed by atoms with Gasteiger partial charge in [0.2, 0.25) is 0 Å². The van der Waals surface area contributed by atoms with Crippen LogP contribution in [0.2, 0.25) is 0 Å². The molecule has 1 atom stereocenters. The summed E-state index contributed by atoms with van der Waals surface area (Å²) in [4.78, 5) is 27.6. The van der Waals surface area contributed by atoms with Crippen LogP contribution in [-0.4, -0.2) is 23.0 Å². The number of amides is 1. The van der Waals surface area contributed by atoms with Gasteiger partial charge in [0.25, 0.3) is 5.91 Å². The Morgan fingerprint density at radius 2 is 1.91 bits per heavy atom. The number of nitrogens with one attached hydrogen (secondary N) is 1. The van der Waals surface area contributed by atoms with Crippen LogP contribution in [0, 0.1) is 6.92 Å². The number of carbonyl (C=O) groups excluding carboxylic acids is 2. The van der Waals surface area contributed by atoms with Crippen molar-refractivity contribution >= 4 is 11.9 Å². The lowest BCUT2D eigenvalue weighted by Crippen LogP contribution is -2.35. The first kappa shape index (κ1) is 15.7. The van der Waals surface area contributed by atoms with Gasteiger partial charge in [-0.05, 0) is 31.5 Å². The van der Waals surface area contributed by atoms with Gasteiger partial charge in [0.15, 0.2) is 6.10 Å². The summed E-state index contributed by atoms with van der Waals surface area (Å²) in [6.45, 7) is 3.93. The molecule has 0 saturated heterocycles. The number of nitrogens with zero attached hydrogens (tertiary/aromatic N) is 1. The third kappa shape index (κ3) is 4.41. The second kappa shape index (κ2) is 7.36. The molecule has 0 radical (unpaired) electrons. The second-order valence-electron chi connectivity index (χ2n) is 4.97. The van der Waals surface area contributed by atoms with Gasteiger partial charge in [-0.1, -0.05) is 35.9 Å². The smallest absolute Gasteiger partial charge is 0.357 e. The van der Waals surface area contributed by atoms with Crippen LogP contribution >= 0.6 is 0 Å². The standard InChI is InChI=1S/C17H18N2O3/c1-12-6-8-14(9-7-12)11-19-16(20)13(2)22-17(21)15-5-3-4-10-18-15/h3-10,13H,11H2,1-2H3,(H,19,20)/t13-/m0/s1. The lowest BCUT2D eigenvalue weighted by Gasteiger charge is -2.13. The van der Waals surface area contributed by atoms with E-state index in [9.17, 15) is 9.59 Å². The average molecular weight is 298 g/mol. The molecule has 0 aliphatic carbocycles. The van der Waals surface area contributed by atoms with Crippen molar-refractivity contribution in [2.45, 2.75) is 26.5 Å². The molecule has 5 heteroatoms. The summed E-state index contributed by atoms with van der Waals surface area (Å²) >= 11 is 0. The zero-order valence-electron chi connectivity index (χ0n) is 12.6. The number of carbonyl (C=O) groups is 2. The molecule has 2 rings (SSSR count). The van der Waals surface area contributed by atoms with Crippen molar-refractivity contribution in [1.82, 2.24) is 10.3 Å². The summed E-state index contributed by atoms with van der Waals surface area (Å²) in [7, 11) is 0. The van der Waals surface area contributed by atoms with Gasteiger partial charge in [-0.2, -0.15) is 0 Å². The number of hydrogen-bond donors (Lipinski definition) is 1. The van der Waals surface area contributed by atoms with E-state index in [-0.39, 0.29) is 11.6 Å². The zero-order valence-corrected chi connectivity index (χ0v) is 12.6. The minimum Gasteiger partial charge on any atom is -0.448 e. The predicted octanol–water partition coefficient (Wildman–Crippen LogP) is 2.25. The highest BCUT2D eigenvalue weighted by molar-refractivity contribution is 5.90. The Morgan fingerprint density at radius 1 is 1.18 bits per heavy atom. The molecule has 0 bridgehead atoms. The summed E-state index contributed by atoms with van der Waals surface area (Å²) in [6.07, 6.45) is 0.624. The lowest BCUT2D eigenvalue weighted by atomic mass is 10.1. The molecule has 1 heterocycles. The van der Waals surface area contributed by atoms with Crippen molar-refractivity contribution in [3.8, 4) is 0 Å². The molecule has 1 aromatic heterocycles. The third-order valence-corrected chi connectivity index (χ3v) is 3.11. The number of ether oxygens (including phenoxy) is 1. The molecule has 0 fully saturated rings. The first-order chi connectivity index (χ1) is 10.6. The molecule has 22 heavy (non-hydrogen) atoms. The molecule has 114 valence electrons. The van der Waals surface area contributed by atoms with E-state index in [4.69, 9.17) is 4.74 Å². The van der Waals surface area contributed by atoms with Gasteiger partial charge in [-0.15, -0.1) is 0 Å². The van der Waals surface area contributed by atoms with E-state index < -0.39 is 12.1 Å². The zero-order chi connectivity index (χ0) is 15.9. The Hall–Kier alpha value is -2.69. The number of hydrogen-bond acceptors (Lipinski definition) is 4. The fraction of sp³-hybridized carbons (Fsp3) is 0.235. The Balaban J connectivity index is 1.84. The van der Waals surface area contributed by atoms with E-state index in [2.05, 4.69) is 10.3 Å². The van der Waals surface area contributed by atoms with Crippen molar-refractivity contribution in [1.29, 1.82) is 0 Å². The van der Waals surface area contributed by atoms with Crippen molar-refractivity contribution in [2.24, 2.45) is 0 Å². The normalized spacial score (nSPS) is 11.5. The fourth-order valence-corrected chi connectivity index (χ4v) is 1.80. The Bertz CT molecular complexity index is 639. The summed E-state index contributed by atoms with van der Waals surface area (Å²) in [5, 5.41) is 2.74. The largest absolute Gasteiger partial charge is 0.448 e. The number of pyridine rings is 1. The van der Waals surface area contributed by atoms with E-state index in [1.807, 2.05) is 31.2 Å². The SMILES string of the molecule is Cc1ccc(CNC(=O)[C@H](C)OC(=O)c2ccccn2)cc1. The van der Waals surface area contributed by atoms with Gasteiger partial charge in [0.05, 0.1) is 0 Å². The molecule has 5 nitrogen and oxygen atoms in total. The minimum atomic E-state index is -0.875. The molecule has 0 saturated carbocycles. The van der Waals surface area contributed by atoms with E-state index in [1.165, 1.54) is 13.1 Å². The monoisotopic (exact) mass is 298 g/mol. The van der Waals surface area contributed by atoms with Crippen LogP contribution in [0.3, 0.4) is 0 Å². The molecular formula is C17H18N2O3. The van der Waals surface area contributed by atoms with Crippen LogP contribution in [0.5, 0.6) is 0 Å². The molecule has 0 aliphatic rings. The highest BCUT2D eigenvalue weighted by atomic mass is 16.5. The molecule has 2 aromatic rings. The Labute approximate surface area is 129 Å². The first-order valence-corrected chi connectivity index (χ1v) is 7.01. The highest BCUT2D eigenvalue weighted by Crippen LogP contribution is 2.04. The maximum absolute atomic E-state index is 11.9. The van der Waals surface area contributed by atoms with Gasteiger partial charge in [0.1, 0.15) is 5.69 Å². The van der Waals surface area contributed by atoms with Crippen LogP contribution in [0.25, 0.3) is 0 Å². The fourth-order valence-electron chi connectivity index (χ4n) is 1.80. The quantitative estimate of drug-likeness (QED) is 0.860. The van der Waals surface area contributed by atoms with E-state index in [0.29, 0.717) is 6.54 Å². The Kier molecular flexibility index (Phi) is 5.25. The van der Waals surface area contributed by atoms with Crippen molar-refractivity contribution < 1.29 is 14.3 Å². The maximum atomic E-state index is 11.9. The van der Waals surface area contributed by atoms with Crippen molar-refractivity contribution in [3.63, 3.8) is 0 Å². The summed E-state index contributed by atoms with van der Waals surface area (Å²) in [5.74, 6) is -0.955. The Morgan fingerprint density at radius 3 is 2.55 bits per heavy atom. The van der Waals surface area contributed by atoms with E-state index >= 15 is 0 Å². The van der Waals surface area contributed by atoms with Crippen molar-refractivity contribution in [3.05, 3.63) is 65.5 Å². The topological polar surface area (TPSA) is 68.3 Å². The molecule has 0 unspecified atom stereocenters. The number of aromatic nitrogens is 1. The van der Waals surface area contributed by atoms with Crippen LogP contribution in [0.4, 0.5) is 0 Å². The summed E-state index contributed by atoms with van der Waals surface area (Å²) in [6, 6.07) is 12.8. The second-order valence-corrected chi connectivity index (χ2v) is 4.97. The maximum Gasteiger partial charge on any atom is 0.357 e. The number of rotatable bonds is 5. The van der Waals surface area contributed by atoms with Gasteiger partial charge in [0, 0.05) is 12.7 Å². The summed E-state index contributed by atoms with van der Waals surface area (Å²) in [5.41, 5.74) is 2.33. The predicted molar refractivity (Wildman–Crippen MR) is 82.1 cm³/mol. The van der Waals surface area contributed by atoms with Crippen LogP contribution in [-0.2, 0) is 16.1 Å². The lowest BCUT2D eigenvalue weighted by molar-refractivity contribution is -0.129. The highest BCUT2D eigenvalue weighted by Gasteiger charge is 2.19. The van der Waals surface area contributed by atoms with E-state index in [0.717, 1.165) is 11.1 Å². The van der Waals surface area contributed by atoms with E-state index in [1.54, 1.807) is 18.2 Å². The van der Waals surface area contributed by atoms with Crippen LogP contribution in [0.1, 0.15) is 28.5 Å². The molecule has 1 N–H and O–H groups in total. The van der Waals surface area contributed by atoms with Crippen LogP contribution in [0.15, 0.2) is 48.7 Å². The summed E-state index contributed by atoms with van der Waals surface area (Å²) < 4.78 is 5.09. The number of aryl methyl sites for hydroxylation is 1. The van der Waals surface area contributed by atoms with Crippen LogP contribution < -0.4 is 5.32 Å². The molecule has 1 amide bonds. The first-order valence-electron chi connectivity index (χ1n) is 7.01. The third-order valence-electron chi connectivity index (χ3n) is 3.11. The molecule has 0 aliphatic heterocycles. The molecule has 1 aromatic carbocycles. The van der Waals surface area contributed by atoms with Gasteiger partial charge >= 0.3 is 5.97 Å². The number of benzene rings is 1. The van der Waals surface area contributed by atoms with Gasteiger partial charge in [-0.3, -0.25) is 4.79 Å². The van der Waals surface area contributed by atoms with Gasteiger partial charge < -0.3 is 10.1 Å². The number of esters is 1. The average Bonchev–Trinajstić information content (AvgIpc) is 2.54.